The molecule has 4 nitrogen and oxygen atoms in total. The molecule has 0 atom stereocenters. The van der Waals surface area contributed by atoms with Gasteiger partial charge in [0.15, 0.2) is 0 Å². The maximum absolute atomic E-state index is 8.74. The molecule has 0 unspecified atom stereocenters. The first kappa shape index (κ1) is 29.4. The van der Waals surface area contributed by atoms with Crippen molar-refractivity contribution in [2.24, 2.45) is 0 Å². The van der Waals surface area contributed by atoms with Gasteiger partial charge in [0, 0.05) is 0 Å². The van der Waals surface area contributed by atoms with Crippen molar-refractivity contribution in [2.75, 3.05) is 0 Å². The summed E-state index contributed by atoms with van der Waals surface area (Å²) in [7, 11) is -4.67. The molecule has 0 aromatic carbocycles. The minimum absolute atomic E-state index is 0. The van der Waals surface area contributed by atoms with E-state index in [4.69, 9.17) is 17.5 Å². The number of hydrogen-bond acceptors (Lipinski definition) is 2. The van der Waals surface area contributed by atoms with E-state index in [2.05, 4.69) is 0 Å². The SMILES string of the molecule is B.O=S(=O)(O)O.[CaH2].[KH].[MgH2]. The quantitative estimate of drug-likeness (QED) is 0.320. The molecule has 9 heteroatoms. The van der Waals surface area contributed by atoms with Crippen molar-refractivity contribution in [2.45, 2.75) is 0 Å². The molecule has 48 valence electrons. The second-order valence-corrected chi connectivity index (χ2v) is 1.34. The van der Waals surface area contributed by atoms with Crippen molar-refractivity contribution in [3.05, 3.63) is 0 Å². The van der Waals surface area contributed by atoms with E-state index in [1.807, 2.05) is 0 Å². The molecule has 0 aliphatic heterocycles. The van der Waals surface area contributed by atoms with Crippen molar-refractivity contribution >= 4 is 131 Å². The van der Waals surface area contributed by atoms with Gasteiger partial charge in [0.2, 0.25) is 0 Å². The Morgan fingerprint density at radius 1 is 1.11 bits per heavy atom. The second-order valence-electron chi connectivity index (χ2n) is 0.448. The molecule has 0 aliphatic carbocycles. The smallest absolute Gasteiger partial charge is 0.316 e. The van der Waals surface area contributed by atoms with Gasteiger partial charge in [0.1, 0.15) is 0 Å². The molecule has 0 spiro atoms. The van der Waals surface area contributed by atoms with Crippen LogP contribution in [0.2, 0.25) is 0 Å². The summed E-state index contributed by atoms with van der Waals surface area (Å²) in [6.45, 7) is 0. The first-order valence-corrected chi connectivity index (χ1v) is 2.10. The van der Waals surface area contributed by atoms with Gasteiger partial charge in [-0.1, -0.05) is 0 Å². The van der Waals surface area contributed by atoms with Crippen LogP contribution in [0.3, 0.4) is 0 Å². The Morgan fingerprint density at radius 2 is 1.11 bits per heavy atom. The van der Waals surface area contributed by atoms with Crippen LogP contribution in [0.15, 0.2) is 0 Å². The molecule has 0 fully saturated rings. The Morgan fingerprint density at radius 3 is 1.11 bits per heavy atom. The van der Waals surface area contributed by atoms with E-state index >= 15 is 0 Å². The topological polar surface area (TPSA) is 74.6 Å². The fourth-order valence-electron chi connectivity index (χ4n) is 0. The third kappa shape index (κ3) is 82.5. The summed E-state index contributed by atoms with van der Waals surface area (Å²) in [5.41, 5.74) is 0. The maximum Gasteiger partial charge on any atom is 0.316 e. The molecule has 0 bridgehead atoms. The molecule has 0 saturated carbocycles. The summed E-state index contributed by atoms with van der Waals surface area (Å²) in [6.07, 6.45) is 0. The molecule has 0 rings (SSSR count). The van der Waals surface area contributed by atoms with Gasteiger partial charge in [-0.25, -0.2) is 0 Å². The van der Waals surface area contributed by atoms with Gasteiger partial charge in [0.25, 0.3) is 0 Å². The minimum atomic E-state index is -4.67. The molecule has 0 amide bonds. The zero-order valence-electron chi connectivity index (χ0n) is 2.12. The van der Waals surface area contributed by atoms with Crippen LogP contribution in [0.1, 0.15) is 0 Å². The third-order valence-corrected chi connectivity index (χ3v) is 0. The predicted octanol–water partition coefficient (Wildman–Crippen LogP) is -4.32. The second kappa shape index (κ2) is 14.1. The van der Waals surface area contributed by atoms with Crippen molar-refractivity contribution in [3.63, 3.8) is 0 Å². The van der Waals surface area contributed by atoms with Crippen LogP contribution in [0.4, 0.5) is 0 Å². The van der Waals surface area contributed by atoms with Crippen molar-refractivity contribution in [3.8, 4) is 0 Å². The zero-order chi connectivity index (χ0) is 4.50. The zero-order valence-corrected chi connectivity index (χ0v) is 2.94. The van der Waals surface area contributed by atoms with E-state index < -0.39 is 10.4 Å². The summed E-state index contributed by atoms with van der Waals surface area (Å²) in [4.78, 5) is 0. The van der Waals surface area contributed by atoms with Crippen molar-refractivity contribution < 1.29 is 17.5 Å². The molecule has 0 aliphatic rings. The van der Waals surface area contributed by atoms with E-state index in [1.165, 1.54) is 0 Å². The summed E-state index contributed by atoms with van der Waals surface area (Å²) < 4.78 is 31.6. The molecule has 0 radical (unpaired) electrons. The first-order valence-electron chi connectivity index (χ1n) is 0.698. The van der Waals surface area contributed by atoms with E-state index in [0.717, 1.165) is 0 Å². The van der Waals surface area contributed by atoms with Crippen LogP contribution >= 0.6 is 0 Å². The molecule has 0 aromatic heterocycles. The molecule has 0 heterocycles. The fraction of sp³-hybridized carbons (Fsp3) is 0. The van der Waals surface area contributed by atoms with Gasteiger partial charge in [0.05, 0.1) is 8.41 Å². The normalized spacial score (nSPS) is 6.44. The van der Waals surface area contributed by atoms with E-state index in [0.29, 0.717) is 0 Å². The van der Waals surface area contributed by atoms with Gasteiger partial charge in [-0.2, -0.15) is 8.42 Å². The van der Waals surface area contributed by atoms with Crippen molar-refractivity contribution in [1.29, 1.82) is 0 Å². The summed E-state index contributed by atoms with van der Waals surface area (Å²) in [6, 6.07) is 0. The monoisotopic (exact) mass is 220 g/mol. The van der Waals surface area contributed by atoms with E-state index in [-0.39, 0.29) is 121 Å². The first-order chi connectivity index (χ1) is 2.00. The Labute approximate surface area is 145 Å². The Balaban J connectivity index is -0.0000000133. The van der Waals surface area contributed by atoms with Gasteiger partial charge < -0.3 is 0 Å². The van der Waals surface area contributed by atoms with Crippen molar-refractivity contribution in [1.82, 2.24) is 0 Å². The van der Waals surface area contributed by atoms with Gasteiger partial charge in [-0.3, -0.25) is 9.11 Å². The Kier molecular flexibility index (Phi) is 46.1. The average Bonchev–Trinajstić information content (AvgIpc) is 0.722. The molecule has 2 N–H and O–H groups in total. The summed E-state index contributed by atoms with van der Waals surface area (Å²) in [5, 5.41) is 0. The van der Waals surface area contributed by atoms with Crippen LogP contribution in [-0.4, -0.2) is 138 Å². The average molecular weight is 220 g/mol. The van der Waals surface area contributed by atoms with E-state index in [9.17, 15) is 0 Å². The number of hydrogen-bond donors (Lipinski definition) is 2. The summed E-state index contributed by atoms with van der Waals surface area (Å²) >= 11 is 0. The molecular weight excluding hydrogens is 210 g/mol. The predicted molar refractivity (Wildman–Crippen MR) is 48.4 cm³/mol. The largest absolute Gasteiger partial charge is 0.316 e. The standard InChI is InChI=1S/BH3.Ca.K.Mg.H2O4S.5H/c;;;;1-5(2,3)4;;;;;/h1H3;;;;(H2,1,2,3,4);;;;;. The Bertz CT molecular complexity index is 104. The molecular formula is H10BCaKMgO4S. The molecule has 0 aromatic rings. The van der Waals surface area contributed by atoms with Crippen LogP contribution in [0, 0.1) is 0 Å². The minimum Gasteiger partial charge on any atom is 0.316 e. The van der Waals surface area contributed by atoms with Crippen LogP contribution in [0.5, 0.6) is 0 Å². The van der Waals surface area contributed by atoms with Gasteiger partial charge >= 0.3 is 123 Å². The van der Waals surface area contributed by atoms with E-state index in [1.54, 1.807) is 0 Å². The number of rotatable bonds is 0. The van der Waals surface area contributed by atoms with Crippen LogP contribution < -0.4 is 0 Å². The van der Waals surface area contributed by atoms with Crippen LogP contribution in [-0.2, 0) is 10.4 Å². The van der Waals surface area contributed by atoms with Crippen LogP contribution in [0.25, 0.3) is 0 Å². The van der Waals surface area contributed by atoms with Gasteiger partial charge in [-0.15, -0.1) is 0 Å². The maximum atomic E-state index is 8.74. The third-order valence-electron chi connectivity index (χ3n) is 0. The molecule has 0 saturated heterocycles. The Hall–Kier alpha value is 3.60. The van der Waals surface area contributed by atoms with Gasteiger partial charge in [-0.05, 0) is 0 Å². The fourth-order valence-corrected chi connectivity index (χ4v) is 0. The molecule has 9 heavy (non-hydrogen) atoms. The summed E-state index contributed by atoms with van der Waals surface area (Å²) in [5.74, 6) is 0.